The maximum atomic E-state index is 13.1. The molecule has 2 amide bonds. The Hall–Kier alpha value is -3.64. The first-order chi connectivity index (χ1) is 17.1. The molecule has 1 fully saturated rings. The van der Waals surface area contributed by atoms with Crippen LogP contribution in [0, 0.1) is 5.41 Å². The van der Waals surface area contributed by atoms with Crippen molar-refractivity contribution in [2.45, 2.75) is 36.7 Å². The van der Waals surface area contributed by atoms with Crippen molar-refractivity contribution in [1.82, 2.24) is 14.9 Å². The number of nitrogens with two attached hydrogens (primary N) is 1. The van der Waals surface area contributed by atoms with Crippen LogP contribution in [0.25, 0.3) is 0 Å². The first kappa shape index (κ1) is 27.0. The van der Waals surface area contributed by atoms with Gasteiger partial charge in [0, 0.05) is 24.7 Å². The summed E-state index contributed by atoms with van der Waals surface area (Å²) in [7, 11) is -1.18. The third kappa shape index (κ3) is 6.73. The van der Waals surface area contributed by atoms with Gasteiger partial charge in [-0.05, 0) is 37.0 Å². The number of nitrogens with zero attached hydrogens (tertiary/aromatic N) is 1. The third-order valence-corrected chi connectivity index (χ3v) is 7.30. The Kier molecular flexibility index (Phi) is 8.88. The van der Waals surface area contributed by atoms with E-state index in [0.29, 0.717) is 37.1 Å². The summed E-state index contributed by atoms with van der Waals surface area (Å²) in [5, 5.41) is 10.2. The topological polar surface area (TPSA) is 164 Å². The number of carbonyl (C=O) groups excluding carboxylic acids is 2. The van der Waals surface area contributed by atoms with Crippen molar-refractivity contribution in [1.29, 1.82) is 5.41 Å². The number of ether oxygens (including phenoxy) is 2. The zero-order valence-electron chi connectivity index (χ0n) is 20.2. The molecule has 0 unspecified atom stereocenters. The Morgan fingerprint density at radius 2 is 1.81 bits per heavy atom. The Balaban J connectivity index is 1.63. The highest BCUT2D eigenvalue weighted by Crippen LogP contribution is 2.29. The van der Waals surface area contributed by atoms with Crippen LogP contribution < -0.4 is 25.2 Å². The van der Waals surface area contributed by atoms with E-state index in [1.165, 1.54) is 37.3 Å². The molecule has 194 valence electrons. The molecule has 0 radical (unpaired) electrons. The van der Waals surface area contributed by atoms with Crippen molar-refractivity contribution < 1.29 is 27.5 Å². The molecule has 11 nitrogen and oxygen atoms in total. The molecule has 0 spiro atoms. The summed E-state index contributed by atoms with van der Waals surface area (Å²) in [4.78, 5) is 27.0. The number of hydrogen-bond donors (Lipinski definition) is 4. The van der Waals surface area contributed by atoms with E-state index in [-0.39, 0.29) is 35.5 Å². The quantitative estimate of drug-likeness (QED) is 0.269. The van der Waals surface area contributed by atoms with E-state index in [1.807, 2.05) is 0 Å². The molecule has 0 aliphatic carbocycles. The maximum absolute atomic E-state index is 13.1. The first-order valence-corrected chi connectivity index (χ1v) is 12.9. The minimum atomic E-state index is -4.03. The fraction of sp³-hybridized carbons (Fsp3) is 0.375. The van der Waals surface area contributed by atoms with Gasteiger partial charge in [-0.1, -0.05) is 24.3 Å². The van der Waals surface area contributed by atoms with Gasteiger partial charge in [0.25, 0.3) is 0 Å². The molecule has 1 atom stereocenters. The average molecular weight is 518 g/mol. The normalized spacial score (nSPS) is 16.2. The molecule has 0 aromatic heterocycles. The summed E-state index contributed by atoms with van der Waals surface area (Å²) in [5.74, 6) is -0.211. The van der Waals surface area contributed by atoms with Gasteiger partial charge < -0.3 is 25.4 Å². The molecule has 1 aliphatic rings. The average Bonchev–Trinajstić information content (AvgIpc) is 3.03. The predicted molar refractivity (Wildman–Crippen MR) is 133 cm³/mol. The smallest absolute Gasteiger partial charge is 0.241 e. The molecule has 36 heavy (non-hydrogen) atoms. The van der Waals surface area contributed by atoms with Crippen molar-refractivity contribution in [3.8, 4) is 11.5 Å². The molecule has 1 saturated heterocycles. The molecule has 0 bridgehead atoms. The molecule has 2 aromatic rings. The predicted octanol–water partition coefficient (Wildman–Crippen LogP) is 0.964. The van der Waals surface area contributed by atoms with Crippen LogP contribution in [0.2, 0.25) is 0 Å². The van der Waals surface area contributed by atoms with Crippen LogP contribution in [0.4, 0.5) is 0 Å². The van der Waals surface area contributed by atoms with Crippen LogP contribution in [-0.4, -0.2) is 64.3 Å². The zero-order valence-corrected chi connectivity index (χ0v) is 21.1. The number of rotatable bonds is 10. The van der Waals surface area contributed by atoms with Gasteiger partial charge in [-0.15, -0.1) is 0 Å². The summed E-state index contributed by atoms with van der Waals surface area (Å²) in [6, 6.07) is 10.1. The number of nitrogen functional groups attached to an aromatic ring is 1. The van der Waals surface area contributed by atoms with Gasteiger partial charge in [0.2, 0.25) is 21.8 Å². The van der Waals surface area contributed by atoms with Crippen molar-refractivity contribution in [2.75, 3.05) is 27.3 Å². The van der Waals surface area contributed by atoms with Gasteiger partial charge in [0.1, 0.15) is 11.9 Å². The van der Waals surface area contributed by atoms with E-state index in [0.717, 1.165) is 5.56 Å². The van der Waals surface area contributed by atoms with Crippen molar-refractivity contribution in [3.05, 3.63) is 53.6 Å². The highest BCUT2D eigenvalue weighted by atomic mass is 32.2. The standard InChI is InChI=1S/C24H31N5O6S/c1-34-20-11-10-18(13-21(20)35-2)36(32,33)28-19-5-3-4-12-29(24(19)31)15-22(30)27-14-16-6-8-17(9-7-16)23(25)26/h6-11,13,19,28H,3-5,12,14-15H2,1-2H3,(H3,25,26)(H,27,30)/t19-/m0/s1. The highest BCUT2D eigenvalue weighted by molar-refractivity contribution is 7.89. The Morgan fingerprint density at radius 3 is 2.44 bits per heavy atom. The molecular formula is C24H31N5O6S. The van der Waals surface area contributed by atoms with Gasteiger partial charge in [0.15, 0.2) is 11.5 Å². The molecule has 0 saturated carbocycles. The monoisotopic (exact) mass is 517 g/mol. The second-order valence-electron chi connectivity index (χ2n) is 8.33. The summed E-state index contributed by atoms with van der Waals surface area (Å²) < 4.78 is 38.8. The van der Waals surface area contributed by atoms with Crippen LogP contribution in [0.3, 0.4) is 0 Å². The van der Waals surface area contributed by atoms with E-state index in [9.17, 15) is 18.0 Å². The second kappa shape index (κ2) is 11.9. The summed E-state index contributed by atoms with van der Waals surface area (Å²) >= 11 is 0. The highest BCUT2D eigenvalue weighted by Gasteiger charge is 2.32. The number of sulfonamides is 1. The lowest BCUT2D eigenvalue weighted by Crippen LogP contribution is -2.49. The van der Waals surface area contributed by atoms with E-state index in [1.54, 1.807) is 24.3 Å². The summed E-state index contributed by atoms with van der Waals surface area (Å²) in [6.07, 6.45) is 1.61. The Morgan fingerprint density at radius 1 is 1.11 bits per heavy atom. The lowest BCUT2D eigenvalue weighted by Gasteiger charge is -2.24. The first-order valence-electron chi connectivity index (χ1n) is 11.4. The van der Waals surface area contributed by atoms with Gasteiger partial charge >= 0.3 is 0 Å². The van der Waals surface area contributed by atoms with E-state index in [4.69, 9.17) is 20.6 Å². The van der Waals surface area contributed by atoms with Gasteiger partial charge in [-0.3, -0.25) is 15.0 Å². The fourth-order valence-electron chi connectivity index (χ4n) is 3.84. The van der Waals surface area contributed by atoms with Crippen LogP contribution in [0.5, 0.6) is 11.5 Å². The largest absolute Gasteiger partial charge is 0.493 e. The van der Waals surface area contributed by atoms with Crippen molar-refractivity contribution >= 4 is 27.7 Å². The van der Waals surface area contributed by atoms with Crippen LogP contribution in [-0.2, 0) is 26.2 Å². The van der Waals surface area contributed by atoms with Crippen molar-refractivity contribution in [2.24, 2.45) is 5.73 Å². The Labute approximate surface area is 210 Å². The SMILES string of the molecule is COc1ccc(S(=O)(=O)N[C@H]2CCCCN(CC(=O)NCc3ccc(C(=N)N)cc3)C2=O)cc1OC. The summed E-state index contributed by atoms with van der Waals surface area (Å²) in [5.41, 5.74) is 6.85. The van der Waals surface area contributed by atoms with E-state index < -0.39 is 22.0 Å². The van der Waals surface area contributed by atoms with E-state index in [2.05, 4.69) is 10.0 Å². The Bertz CT molecular complexity index is 1220. The van der Waals surface area contributed by atoms with Crippen LogP contribution >= 0.6 is 0 Å². The number of methoxy groups -OCH3 is 2. The number of amidine groups is 1. The molecule has 1 aliphatic heterocycles. The van der Waals surface area contributed by atoms with Crippen LogP contribution in [0.15, 0.2) is 47.4 Å². The molecule has 2 aromatic carbocycles. The van der Waals surface area contributed by atoms with Crippen molar-refractivity contribution in [3.63, 3.8) is 0 Å². The molecule has 3 rings (SSSR count). The number of likely N-dealkylation sites (tertiary alicyclic amines) is 1. The van der Waals surface area contributed by atoms with Gasteiger partial charge in [-0.25, -0.2) is 8.42 Å². The second-order valence-corrected chi connectivity index (χ2v) is 10.0. The summed E-state index contributed by atoms with van der Waals surface area (Å²) in [6.45, 7) is 0.418. The molecule has 5 N–H and O–H groups in total. The molecule has 1 heterocycles. The van der Waals surface area contributed by atoms with Crippen LogP contribution in [0.1, 0.15) is 30.4 Å². The zero-order chi connectivity index (χ0) is 26.3. The van der Waals surface area contributed by atoms with Gasteiger partial charge in [0.05, 0.1) is 25.7 Å². The number of amides is 2. The minimum absolute atomic E-state index is 0.0402. The number of nitrogens with one attached hydrogen (secondary N) is 3. The van der Waals surface area contributed by atoms with Gasteiger partial charge in [-0.2, -0.15) is 4.72 Å². The van der Waals surface area contributed by atoms with E-state index >= 15 is 0 Å². The fourth-order valence-corrected chi connectivity index (χ4v) is 5.08. The number of hydrogen-bond acceptors (Lipinski definition) is 7. The lowest BCUT2D eigenvalue weighted by atomic mass is 10.1. The number of carbonyl (C=O) groups is 2. The third-order valence-electron chi connectivity index (χ3n) is 5.83. The molecular weight excluding hydrogens is 486 g/mol. The molecule has 12 heteroatoms. The minimum Gasteiger partial charge on any atom is -0.493 e. The number of benzene rings is 2. The maximum Gasteiger partial charge on any atom is 0.241 e. The lowest BCUT2D eigenvalue weighted by molar-refractivity contribution is -0.136.